The van der Waals surface area contributed by atoms with Gasteiger partial charge < -0.3 is 10.6 Å². The van der Waals surface area contributed by atoms with Gasteiger partial charge in [-0.2, -0.15) is 5.10 Å². The van der Waals surface area contributed by atoms with E-state index in [1.54, 1.807) is 24.8 Å². The number of quaternary nitrogens is 1. The summed E-state index contributed by atoms with van der Waals surface area (Å²) in [5.74, 6) is 1.02. The van der Waals surface area contributed by atoms with E-state index in [0.717, 1.165) is 31.6 Å². The summed E-state index contributed by atoms with van der Waals surface area (Å²) in [7, 11) is 0. The van der Waals surface area contributed by atoms with Crippen LogP contribution in [-0.4, -0.2) is 45.0 Å². The molecule has 0 saturated carbocycles. The van der Waals surface area contributed by atoms with Gasteiger partial charge in [0, 0.05) is 6.20 Å². The van der Waals surface area contributed by atoms with E-state index in [2.05, 4.69) is 30.8 Å². The lowest BCUT2D eigenvalue weighted by molar-refractivity contribution is -0.659. The molecule has 2 N–H and O–H groups in total. The van der Waals surface area contributed by atoms with Crippen LogP contribution in [0.3, 0.4) is 0 Å². The number of halogens is 1. The summed E-state index contributed by atoms with van der Waals surface area (Å²) < 4.78 is 1.78. The molecule has 3 aliphatic heterocycles. The van der Waals surface area contributed by atoms with E-state index >= 15 is 0 Å². The molecule has 3 aliphatic rings. The van der Waals surface area contributed by atoms with E-state index in [1.807, 2.05) is 10.9 Å². The van der Waals surface area contributed by atoms with Gasteiger partial charge in [0.15, 0.2) is 6.20 Å². The summed E-state index contributed by atoms with van der Waals surface area (Å²) in [6.07, 6.45) is 10.8. The van der Waals surface area contributed by atoms with E-state index in [9.17, 15) is 0 Å². The van der Waals surface area contributed by atoms with Crippen molar-refractivity contribution in [3.05, 3.63) is 24.8 Å². The van der Waals surface area contributed by atoms with Gasteiger partial charge in [-0.1, -0.05) is 0 Å². The lowest BCUT2D eigenvalue weighted by Gasteiger charge is -2.22. The molecule has 1 atom stereocenters. The third kappa shape index (κ3) is 2.45. The summed E-state index contributed by atoms with van der Waals surface area (Å²) in [4.78, 5) is 8.36. The third-order valence-electron chi connectivity index (χ3n) is 3.86. The number of fused-ring (bicyclic) bond motifs is 1. The SMILES string of the molecule is Cl[N+]12C=CN=CC1=NC(Nc1cnn(C3CCNCC3)c1)=N2. The predicted molar refractivity (Wildman–Crippen MR) is 85.6 cm³/mol. The minimum Gasteiger partial charge on any atom is -0.317 e. The summed E-state index contributed by atoms with van der Waals surface area (Å²) in [6.45, 7) is 2.07. The highest BCUT2D eigenvalue weighted by atomic mass is 35.5. The average molecular weight is 320 g/mol. The number of aliphatic imine (C=N–C) groups is 2. The van der Waals surface area contributed by atoms with Gasteiger partial charge in [-0.15, -0.1) is 4.99 Å². The van der Waals surface area contributed by atoms with Crippen LogP contribution in [0, 0.1) is 0 Å². The first-order chi connectivity index (χ1) is 10.7. The Bertz CT molecular complexity index is 697. The van der Waals surface area contributed by atoms with Crippen molar-refractivity contribution in [2.75, 3.05) is 18.4 Å². The molecule has 9 heteroatoms. The molecule has 4 heterocycles. The lowest BCUT2D eigenvalue weighted by Crippen LogP contribution is -2.33. The zero-order valence-electron chi connectivity index (χ0n) is 11.9. The van der Waals surface area contributed by atoms with Gasteiger partial charge in [-0.25, -0.2) is 0 Å². The topological polar surface area (TPSA) is 79.0 Å². The molecule has 0 bridgehead atoms. The van der Waals surface area contributed by atoms with Crippen LogP contribution in [-0.2, 0) is 0 Å². The molecular formula is C13H16ClN8+. The molecule has 1 aromatic rings. The zero-order valence-corrected chi connectivity index (χ0v) is 12.6. The summed E-state index contributed by atoms with van der Waals surface area (Å²) >= 11 is 6.33. The Morgan fingerprint density at radius 3 is 3.05 bits per heavy atom. The smallest absolute Gasteiger partial charge is 0.300 e. The normalized spacial score (nSPS) is 27.5. The molecule has 0 aromatic carbocycles. The monoisotopic (exact) mass is 319 g/mol. The first-order valence-electron chi connectivity index (χ1n) is 7.24. The Kier molecular flexibility index (Phi) is 3.29. The fourth-order valence-corrected chi connectivity index (χ4v) is 2.91. The minimum absolute atomic E-state index is 0.228. The molecule has 1 fully saturated rings. The molecule has 4 rings (SSSR count). The van der Waals surface area contributed by atoms with Crippen LogP contribution in [0.2, 0.25) is 0 Å². The van der Waals surface area contributed by atoms with Crippen molar-refractivity contribution < 1.29 is 4.11 Å². The number of hydrogen-bond acceptors (Lipinski definition) is 6. The van der Waals surface area contributed by atoms with Crippen LogP contribution < -0.4 is 10.6 Å². The predicted octanol–water partition coefficient (Wildman–Crippen LogP) is 1.43. The second-order valence-electron chi connectivity index (χ2n) is 5.39. The number of rotatable bonds is 2. The number of anilines is 1. The lowest BCUT2D eigenvalue weighted by atomic mass is 10.1. The molecule has 114 valence electrons. The molecule has 8 nitrogen and oxygen atoms in total. The van der Waals surface area contributed by atoms with E-state index in [0.29, 0.717) is 17.8 Å². The van der Waals surface area contributed by atoms with Gasteiger partial charge in [0.25, 0.3) is 11.8 Å². The number of piperidine rings is 1. The van der Waals surface area contributed by atoms with Crippen molar-refractivity contribution in [1.82, 2.24) is 15.1 Å². The van der Waals surface area contributed by atoms with Crippen LogP contribution in [0.4, 0.5) is 5.69 Å². The molecule has 0 radical (unpaired) electrons. The number of nitrogens with one attached hydrogen (secondary N) is 2. The van der Waals surface area contributed by atoms with Crippen molar-refractivity contribution in [3.8, 4) is 0 Å². The quantitative estimate of drug-likeness (QED) is 0.809. The molecular weight excluding hydrogens is 304 g/mol. The summed E-state index contributed by atoms with van der Waals surface area (Å²) in [6, 6.07) is 0.446. The highest BCUT2D eigenvalue weighted by Crippen LogP contribution is 2.25. The number of guanidine groups is 1. The van der Waals surface area contributed by atoms with E-state index < -0.39 is 0 Å². The van der Waals surface area contributed by atoms with Crippen LogP contribution in [0.25, 0.3) is 0 Å². The van der Waals surface area contributed by atoms with Gasteiger partial charge in [0.1, 0.15) is 6.21 Å². The maximum atomic E-state index is 6.33. The highest BCUT2D eigenvalue weighted by molar-refractivity contribution is 6.36. The van der Waals surface area contributed by atoms with Crippen LogP contribution in [0.5, 0.6) is 0 Å². The molecule has 1 aromatic heterocycles. The molecule has 0 aliphatic carbocycles. The van der Waals surface area contributed by atoms with Gasteiger partial charge in [-0.05, 0) is 35.1 Å². The maximum absolute atomic E-state index is 6.33. The van der Waals surface area contributed by atoms with E-state index in [1.165, 1.54) is 0 Å². The summed E-state index contributed by atoms with van der Waals surface area (Å²) in [5, 5.41) is 15.3. The van der Waals surface area contributed by atoms with Gasteiger partial charge >= 0.3 is 0 Å². The van der Waals surface area contributed by atoms with Crippen molar-refractivity contribution in [3.63, 3.8) is 0 Å². The molecule has 0 amide bonds. The zero-order chi connectivity index (χ0) is 15.0. The Labute approximate surface area is 132 Å². The molecule has 22 heavy (non-hydrogen) atoms. The number of amidine groups is 1. The number of hydrogen-bond donors (Lipinski definition) is 2. The largest absolute Gasteiger partial charge is 0.317 e. The highest BCUT2D eigenvalue weighted by Gasteiger charge is 2.39. The minimum atomic E-state index is -0.228. The average Bonchev–Trinajstić information content (AvgIpc) is 3.12. The van der Waals surface area contributed by atoms with Gasteiger partial charge in [-0.3, -0.25) is 9.67 Å². The van der Waals surface area contributed by atoms with Crippen molar-refractivity contribution in [1.29, 1.82) is 0 Å². The number of nitrogens with zero attached hydrogens (tertiary/aromatic N) is 6. The first-order valence-corrected chi connectivity index (χ1v) is 7.57. The second-order valence-corrected chi connectivity index (χ2v) is 5.90. The molecule has 1 saturated heterocycles. The van der Waals surface area contributed by atoms with Crippen molar-refractivity contribution >= 4 is 35.5 Å². The number of aromatic nitrogens is 2. The molecule has 0 spiro atoms. The maximum Gasteiger partial charge on any atom is 0.300 e. The van der Waals surface area contributed by atoms with Crippen LogP contribution in [0.1, 0.15) is 18.9 Å². The van der Waals surface area contributed by atoms with Crippen molar-refractivity contribution in [2.45, 2.75) is 18.9 Å². The fraction of sp³-hybridized carbons (Fsp3) is 0.385. The van der Waals surface area contributed by atoms with Gasteiger partial charge in [0.2, 0.25) is 11.8 Å². The second kappa shape index (κ2) is 5.31. The Hall–Kier alpha value is -2.03. The fourth-order valence-electron chi connectivity index (χ4n) is 2.70. The van der Waals surface area contributed by atoms with E-state index in [4.69, 9.17) is 11.8 Å². The van der Waals surface area contributed by atoms with E-state index in [-0.39, 0.29) is 4.11 Å². The summed E-state index contributed by atoms with van der Waals surface area (Å²) in [5.41, 5.74) is 0.852. The third-order valence-corrected chi connectivity index (χ3v) is 4.22. The molecule has 1 unspecified atom stereocenters. The Morgan fingerprint density at radius 1 is 1.36 bits per heavy atom. The van der Waals surface area contributed by atoms with Crippen molar-refractivity contribution in [2.24, 2.45) is 15.1 Å². The standard InChI is InChI=1S/C13H16ClN8/c14-22-6-5-16-8-12(22)19-13(20-22)18-10-7-17-21(9-10)11-1-3-15-4-2-11/h5-9,11,15H,1-4H2,(H,18,20)/q+1. The Morgan fingerprint density at radius 2 is 2.23 bits per heavy atom. The van der Waals surface area contributed by atoms with Crippen LogP contribution in [0.15, 0.2) is 39.9 Å². The van der Waals surface area contributed by atoms with Gasteiger partial charge in [0.05, 0.1) is 24.1 Å². The first kappa shape index (κ1) is 13.6. The Balaban J connectivity index is 1.49. The van der Waals surface area contributed by atoms with Crippen LogP contribution >= 0.6 is 11.8 Å².